The molecule has 0 bridgehead atoms. The molecule has 116 valence electrons. The van der Waals surface area contributed by atoms with Crippen LogP contribution < -0.4 is 5.32 Å². The second-order valence-corrected chi connectivity index (χ2v) is 5.37. The first-order chi connectivity index (χ1) is 10.7. The molecule has 0 saturated carbocycles. The number of carbonyl (C=O) groups is 1. The second-order valence-electron chi connectivity index (χ2n) is 5.37. The largest absolute Gasteiger partial charge is 0.478 e. The van der Waals surface area contributed by atoms with Gasteiger partial charge in [0.25, 0.3) is 0 Å². The van der Waals surface area contributed by atoms with E-state index in [1.54, 1.807) is 12.1 Å². The molecule has 0 aliphatic rings. The number of rotatable bonds is 8. The molecule has 0 saturated heterocycles. The smallest absolute Gasteiger partial charge is 0.335 e. The van der Waals surface area contributed by atoms with E-state index in [0.29, 0.717) is 18.7 Å². The van der Waals surface area contributed by atoms with Crippen molar-refractivity contribution in [3.63, 3.8) is 0 Å². The van der Waals surface area contributed by atoms with E-state index in [1.165, 1.54) is 5.56 Å². The molecule has 1 unspecified atom stereocenters. The van der Waals surface area contributed by atoms with Crippen LogP contribution in [0.2, 0.25) is 0 Å². The Morgan fingerprint density at radius 1 is 1.00 bits per heavy atom. The Morgan fingerprint density at radius 3 is 2.27 bits per heavy atom. The Labute approximate surface area is 130 Å². The molecule has 0 amide bonds. The van der Waals surface area contributed by atoms with Crippen molar-refractivity contribution < 1.29 is 15.0 Å². The average Bonchev–Trinajstić information content (AvgIpc) is 2.55. The van der Waals surface area contributed by atoms with Crippen LogP contribution in [0.15, 0.2) is 54.6 Å². The number of nitrogens with one attached hydrogen (secondary N) is 1. The summed E-state index contributed by atoms with van der Waals surface area (Å²) in [6.07, 6.45) is 0.836. The summed E-state index contributed by atoms with van der Waals surface area (Å²) < 4.78 is 0. The molecule has 1 atom stereocenters. The van der Waals surface area contributed by atoms with Gasteiger partial charge in [-0.1, -0.05) is 42.5 Å². The fourth-order valence-corrected chi connectivity index (χ4v) is 2.33. The molecule has 2 aromatic carbocycles. The van der Waals surface area contributed by atoms with Gasteiger partial charge in [-0.25, -0.2) is 4.79 Å². The predicted molar refractivity (Wildman–Crippen MR) is 85.8 cm³/mol. The molecule has 4 nitrogen and oxygen atoms in total. The Hall–Kier alpha value is -2.17. The number of carboxylic acids is 1. The van der Waals surface area contributed by atoms with Gasteiger partial charge in [-0.15, -0.1) is 0 Å². The minimum atomic E-state index is -0.914. The summed E-state index contributed by atoms with van der Waals surface area (Å²) in [5.74, 6) is -0.747. The first-order valence-corrected chi connectivity index (χ1v) is 7.36. The van der Waals surface area contributed by atoms with Gasteiger partial charge >= 0.3 is 5.97 Å². The molecule has 22 heavy (non-hydrogen) atoms. The normalized spacial score (nSPS) is 12.0. The molecule has 3 N–H and O–H groups in total. The van der Waals surface area contributed by atoms with E-state index in [1.807, 2.05) is 30.3 Å². The van der Waals surface area contributed by atoms with Gasteiger partial charge in [0.2, 0.25) is 0 Å². The summed E-state index contributed by atoms with van der Waals surface area (Å²) in [4.78, 5) is 10.8. The molecule has 0 aliphatic heterocycles. The average molecular weight is 299 g/mol. The number of aliphatic hydroxyl groups is 1. The van der Waals surface area contributed by atoms with Crippen molar-refractivity contribution in [2.24, 2.45) is 5.92 Å². The van der Waals surface area contributed by atoms with Gasteiger partial charge in [-0.3, -0.25) is 0 Å². The van der Waals surface area contributed by atoms with Gasteiger partial charge in [0.15, 0.2) is 0 Å². The van der Waals surface area contributed by atoms with Crippen molar-refractivity contribution in [1.82, 2.24) is 5.32 Å². The third kappa shape index (κ3) is 4.98. The van der Waals surface area contributed by atoms with Gasteiger partial charge in [0, 0.05) is 19.7 Å². The van der Waals surface area contributed by atoms with Crippen LogP contribution in [-0.4, -0.2) is 29.3 Å². The highest BCUT2D eigenvalue weighted by Gasteiger charge is 2.08. The van der Waals surface area contributed by atoms with Crippen LogP contribution in [0.1, 0.15) is 21.5 Å². The Kier molecular flexibility index (Phi) is 6.13. The zero-order valence-electron chi connectivity index (χ0n) is 12.4. The van der Waals surface area contributed by atoms with Gasteiger partial charge in [0.1, 0.15) is 0 Å². The molecule has 0 heterocycles. The zero-order chi connectivity index (χ0) is 15.8. The Morgan fingerprint density at radius 2 is 1.68 bits per heavy atom. The summed E-state index contributed by atoms with van der Waals surface area (Å²) in [5.41, 5.74) is 2.54. The van der Waals surface area contributed by atoms with Gasteiger partial charge in [0.05, 0.1) is 5.56 Å². The number of carboxylic acid groups (broad SMARTS) is 1. The standard InChI is InChI=1S/C18H21NO3/c20-13-16(10-14-4-2-1-3-5-14)12-19-11-15-6-8-17(9-7-15)18(21)22/h1-9,16,19-20H,10-13H2,(H,21,22). The lowest BCUT2D eigenvalue weighted by atomic mass is 10.00. The van der Waals surface area contributed by atoms with Crippen LogP contribution in [0.4, 0.5) is 0 Å². The van der Waals surface area contributed by atoms with Crippen molar-refractivity contribution in [3.05, 3.63) is 71.3 Å². The second kappa shape index (κ2) is 8.32. The van der Waals surface area contributed by atoms with E-state index in [2.05, 4.69) is 17.4 Å². The lowest BCUT2D eigenvalue weighted by molar-refractivity contribution is 0.0697. The van der Waals surface area contributed by atoms with Crippen molar-refractivity contribution in [2.45, 2.75) is 13.0 Å². The monoisotopic (exact) mass is 299 g/mol. The summed E-state index contributed by atoms with van der Waals surface area (Å²) in [7, 11) is 0. The summed E-state index contributed by atoms with van der Waals surface area (Å²) >= 11 is 0. The zero-order valence-corrected chi connectivity index (χ0v) is 12.4. The summed E-state index contributed by atoms with van der Waals surface area (Å²) in [5, 5.41) is 21.6. The minimum Gasteiger partial charge on any atom is -0.478 e. The number of hydrogen-bond donors (Lipinski definition) is 3. The van der Waals surface area contributed by atoms with Crippen molar-refractivity contribution in [2.75, 3.05) is 13.2 Å². The van der Waals surface area contributed by atoms with E-state index in [-0.39, 0.29) is 12.5 Å². The van der Waals surface area contributed by atoms with E-state index < -0.39 is 5.97 Å². The van der Waals surface area contributed by atoms with Crippen molar-refractivity contribution in [1.29, 1.82) is 0 Å². The van der Waals surface area contributed by atoms with E-state index in [4.69, 9.17) is 5.11 Å². The van der Waals surface area contributed by atoms with Crippen molar-refractivity contribution in [3.8, 4) is 0 Å². The first-order valence-electron chi connectivity index (χ1n) is 7.36. The predicted octanol–water partition coefficient (Wildman–Crippen LogP) is 2.33. The fraction of sp³-hybridized carbons (Fsp3) is 0.278. The number of hydrogen-bond acceptors (Lipinski definition) is 3. The summed E-state index contributed by atoms with van der Waals surface area (Å²) in [6, 6.07) is 16.9. The highest BCUT2D eigenvalue weighted by molar-refractivity contribution is 5.87. The molecular formula is C18H21NO3. The molecule has 2 rings (SSSR count). The number of aliphatic hydroxyl groups excluding tert-OH is 1. The van der Waals surface area contributed by atoms with Crippen LogP contribution in [0, 0.1) is 5.92 Å². The van der Waals surface area contributed by atoms with Crippen LogP contribution >= 0.6 is 0 Å². The fourth-order valence-electron chi connectivity index (χ4n) is 2.33. The maximum absolute atomic E-state index is 10.8. The third-order valence-electron chi connectivity index (χ3n) is 3.59. The molecule has 2 aromatic rings. The molecule has 0 aromatic heterocycles. The SMILES string of the molecule is O=C(O)c1ccc(CNCC(CO)Cc2ccccc2)cc1. The highest BCUT2D eigenvalue weighted by atomic mass is 16.4. The maximum atomic E-state index is 10.8. The maximum Gasteiger partial charge on any atom is 0.335 e. The molecule has 0 aliphatic carbocycles. The molecule has 4 heteroatoms. The van der Waals surface area contributed by atoms with Gasteiger partial charge < -0.3 is 15.5 Å². The Bertz CT molecular complexity index is 581. The van der Waals surface area contributed by atoms with Gasteiger partial charge in [-0.2, -0.15) is 0 Å². The van der Waals surface area contributed by atoms with Gasteiger partial charge in [-0.05, 0) is 35.6 Å². The quantitative estimate of drug-likeness (QED) is 0.700. The highest BCUT2D eigenvalue weighted by Crippen LogP contribution is 2.08. The van der Waals surface area contributed by atoms with E-state index in [0.717, 1.165) is 12.0 Å². The molecule has 0 fully saturated rings. The van der Waals surface area contributed by atoms with Crippen LogP contribution in [0.25, 0.3) is 0 Å². The number of benzene rings is 2. The van der Waals surface area contributed by atoms with Crippen molar-refractivity contribution >= 4 is 5.97 Å². The molecule has 0 radical (unpaired) electrons. The van der Waals surface area contributed by atoms with E-state index in [9.17, 15) is 9.90 Å². The molecular weight excluding hydrogens is 278 g/mol. The minimum absolute atomic E-state index is 0.139. The first kappa shape index (κ1) is 16.2. The topological polar surface area (TPSA) is 69.6 Å². The lowest BCUT2D eigenvalue weighted by Gasteiger charge is -2.15. The molecule has 0 spiro atoms. The summed E-state index contributed by atoms with van der Waals surface area (Å²) in [6.45, 7) is 1.51. The lowest BCUT2D eigenvalue weighted by Crippen LogP contribution is -2.26. The van der Waals surface area contributed by atoms with E-state index >= 15 is 0 Å². The van der Waals surface area contributed by atoms with Crippen LogP contribution in [-0.2, 0) is 13.0 Å². The van der Waals surface area contributed by atoms with Crippen LogP contribution in [0.3, 0.4) is 0 Å². The number of aromatic carboxylic acids is 1. The third-order valence-corrected chi connectivity index (χ3v) is 3.59. The van der Waals surface area contributed by atoms with Crippen LogP contribution in [0.5, 0.6) is 0 Å². The Balaban J connectivity index is 1.80.